The van der Waals surface area contributed by atoms with Crippen molar-refractivity contribution in [3.05, 3.63) is 28.7 Å². The molecule has 1 fully saturated rings. The molecular weight excluding hydrogens is 194 g/mol. The van der Waals surface area contributed by atoms with E-state index >= 15 is 0 Å². The van der Waals surface area contributed by atoms with E-state index in [1.807, 2.05) is 0 Å². The number of rotatable bonds is 3. The van der Waals surface area contributed by atoms with Crippen LogP contribution < -0.4 is 16.6 Å². The van der Waals surface area contributed by atoms with Crippen LogP contribution in [-0.2, 0) is 11.3 Å². The first-order valence-electron chi connectivity index (χ1n) is 4.91. The summed E-state index contributed by atoms with van der Waals surface area (Å²) in [6.45, 7) is 0.0420. The number of nitrogen functional groups attached to an aromatic ring is 1. The van der Waals surface area contributed by atoms with E-state index in [4.69, 9.17) is 5.73 Å². The molecule has 1 aliphatic rings. The van der Waals surface area contributed by atoms with Crippen molar-refractivity contribution in [3.8, 4) is 0 Å². The average Bonchev–Trinajstić information content (AvgIpc) is 2.97. The van der Waals surface area contributed by atoms with Crippen LogP contribution in [0, 0.1) is 0 Å². The molecular formula is C10H13N3O2. The molecule has 15 heavy (non-hydrogen) atoms. The minimum Gasteiger partial charge on any atom is -0.394 e. The average molecular weight is 207 g/mol. The zero-order valence-corrected chi connectivity index (χ0v) is 8.27. The molecule has 1 saturated carbocycles. The zero-order chi connectivity index (χ0) is 10.8. The molecule has 0 bridgehead atoms. The van der Waals surface area contributed by atoms with Crippen molar-refractivity contribution in [1.82, 2.24) is 9.88 Å². The zero-order valence-electron chi connectivity index (χ0n) is 8.27. The lowest BCUT2D eigenvalue weighted by Crippen LogP contribution is -2.33. The van der Waals surface area contributed by atoms with Crippen LogP contribution in [0.4, 0.5) is 5.69 Å². The molecule has 0 saturated heterocycles. The Hall–Kier alpha value is -1.78. The molecule has 5 heteroatoms. The topological polar surface area (TPSA) is 77.1 Å². The van der Waals surface area contributed by atoms with E-state index in [9.17, 15) is 9.59 Å². The van der Waals surface area contributed by atoms with E-state index in [1.165, 1.54) is 10.6 Å². The van der Waals surface area contributed by atoms with Gasteiger partial charge in [-0.1, -0.05) is 0 Å². The van der Waals surface area contributed by atoms with Crippen LogP contribution in [0.1, 0.15) is 12.8 Å². The third-order valence-electron chi connectivity index (χ3n) is 2.31. The maximum atomic E-state index is 11.5. The van der Waals surface area contributed by atoms with Gasteiger partial charge in [-0.3, -0.25) is 9.59 Å². The number of nitrogens with zero attached hydrogens (tertiary/aromatic N) is 1. The van der Waals surface area contributed by atoms with Crippen LogP contribution in [0.3, 0.4) is 0 Å². The molecule has 0 unspecified atom stereocenters. The second kappa shape index (κ2) is 3.76. The predicted molar refractivity (Wildman–Crippen MR) is 56.3 cm³/mol. The summed E-state index contributed by atoms with van der Waals surface area (Å²) in [7, 11) is 0. The normalized spacial score (nSPS) is 14.9. The first-order valence-corrected chi connectivity index (χ1v) is 4.91. The summed E-state index contributed by atoms with van der Waals surface area (Å²) >= 11 is 0. The number of hydrogen-bond donors (Lipinski definition) is 2. The lowest BCUT2D eigenvalue weighted by Gasteiger charge is -2.06. The maximum Gasteiger partial charge on any atom is 0.274 e. The fraction of sp³-hybridized carbons (Fsp3) is 0.400. The Balaban J connectivity index is 2.06. The minimum atomic E-state index is -0.316. The van der Waals surface area contributed by atoms with E-state index in [2.05, 4.69) is 5.32 Å². The molecule has 5 nitrogen and oxygen atoms in total. The molecule has 1 amide bonds. The Kier molecular flexibility index (Phi) is 2.45. The smallest absolute Gasteiger partial charge is 0.274 e. The molecule has 0 radical (unpaired) electrons. The van der Waals surface area contributed by atoms with Gasteiger partial charge in [-0.25, -0.2) is 0 Å². The molecule has 1 heterocycles. The molecule has 1 aliphatic carbocycles. The predicted octanol–water partition coefficient (Wildman–Crippen LogP) is -0.291. The highest BCUT2D eigenvalue weighted by Crippen LogP contribution is 2.18. The number of hydrogen-bond acceptors (Lipinski definition) is 3. The summed E-state index contributed by atoms with van der Waals surface area (Å²) < 4.78 is 1.31. The largest absolute Gasteiger partial charge is 0.394 e. The lowest BCUT2D eigenvalue weighted by molar-refractivity contribution is -0.121. The van der Waals surface area contributed by atoms with Crippen molar-refractivity contribution in [1.29, 1.82) is 0 Å². The van der Waals surface area contributed by atoms with Crippen molar-refractivity contribution in [2.45, 2.75) is 25.4 Å². The Labute approximate surface area is 86.9 Å². The maximum absolute atomic E-state index is 11.5. The van der Waals surface area contributed by atoms with Gasteiger partial charge in [0, 0.05) is 12.2 Å². The molecule has 0 aromatic carbocycles. The van der Waals surface area contributed by atoms with Gasteiger partial charge in [-0.15, -0.1) is 0 Å². The van der Waals surface area contributed by atoms with Crippen molar-refractivity contribution in [3.63, 3.8) is 0 Å². The van der Waals surface area contributed by atoms with Crippen LogP contribution >= 0.6 is 0 Å². The summed E-state index contributed by atoms with van der Waals surface area (Å²) in [5, 5.41) is 2.81. The lowest BCUT2D eigenvalue weighted by atomic mass is 10.4. The Morgan fingerprint density at radius 3 is 3.00 bits per heavy atom. The third-order valence-corrected chi connectivity index (χ3v) is 2.31. The van der Waals surface area contributed by atoms with Gasteiger partial charge in [0.15, 0.2) is 0 Å². The van der Waals surface area contributed by atoms with Gasteiger partial charge in [0.05, 0.1) is 5.69 Å². The van der Waals surface area contributed by atoms with Crippen LogP contribution in [0.25, 0.3) is 0 Å². The summed E-state index contributed by atoms with van der Waals surface area (Å²) in [4.78, 5) is 22.9. The van der Waals surface area contributed by atoms with Gasteiger partial charge < -0.3 is 15.6 Å². The van der Waals surface area contributed by atoms with Crippen LogP contribution in [0.2, 0.25) is 0 Å². The minimum absolute atomic E-state index is 0.0420. The summed E-state index contributed by atoms with van der Waals surface area (Å²) in [5.74, 6) is -0.134. The molecule has 0 spiro atoms. The highest BCUT2D eigenvalue weighted by Gasteiger charge is 2.23. The van der Waals surface area contributed by atoms with E-state index in [1.54, 1.807) is 12.3 Å². The van der Waals surface area contributed by atoms with Crippen molar-refractivity contribution >= 4 is 11.6 Å². The van der Waals surface area contributed by atoms with Crippen LogP contribution in [0.5, 0.6) is 0 Å². The van der Waals surface area contributed by atoms with Gasteiger partial charge in [0.2, 0.25) is 5.91 Å². The second-order valence-electron chi connectivity index (χ2n) is 3.74. The SMILES string of the molecule is Nc1cccn(CC(=O)NC2CC2)c1=O. The van der Waals surface area contributed by atoms with E-state index in [-0.39, 0.29) is 23.7 Å². The van der Waals surface area contributed by atoms with E-state index in [0.29, 0.717) is 6.04 Å². The van der Waals surface area contributed by atoms with Gasteiger partial charge >= 0.3 is 0 Å². The number of carbonyl (C=O) groups is 1. The second-order valence-corrected chi connectivity index (χ2v) is 3.74. The van der Waals surface area contributed by atoms with Crippen molar-refractivity contribution in [2.24, 2.45) is 0 Å². The molecule has 1 aromatic rings. The van der Waals surface area contributed by atoms with Crippen LogP contribution in [0.15, 0.2) is 23.1 Å². The molecule has 1 aromatic heterocycles. The quantitative estimate of drug-likeness (QED) is 0.715. The Morgan fingerprint density at radius 2 is 2.33 bits per heavy atom. The fourth-order valence-corrected chi connectivity index (χ4v) is 1.34. The highest BCUT2D eigenvalue weighted by molar-refractivity contribution is 5.76. The van der Waals surface area contributed by atoms with Gasteiger partial charge in [-0.2, -0.15) is 0 Å². The first-order chi connectivity index (χ1) is 7.16. The number of amides is 1. The van der Waals surface area contributed by atoms with Gasteiger partial charge in [0.25, 0.3) is 5.56 Å². The first kappa shape index (κ1) is 9.76. The third kappa shape index (κ3) is 2.37. The number of pyridine rings is 1. The standard InChI is InChI=1S/C10H13N3O2/c11-8-2-1-5-13(10(8)15)6-9(14)12-7-3-4-7/h1-2,5,7H,3-4,6,11H2,(H,12,14). The molecule has 0 atom stereocenters. The van der Waals surface area contributed by atoms with Gasteiger partial charge in [-0.05, 0) is 25.0 Å². The number of nitrogens with two attached hydrogens (primary N) is 1. The number of nitrogens with one attached hydrogen (secondary N) is 1. The fourth-order valence-electron chi connectivity index (χ4n) is 1.34. The number of carbonyl (C=O) groups excluding carboxylic acids is 1. The Morgan fingerprint density at radius 1 is 1.60 bits per heavy atom. The van der Waals surface area contributed by atoms with Crippen molar-refractivity contribution in [2.75, 3.05) is 5.73 Å². The summed E-state index contributed by atoms with van der Waals surface area (Å²) in [5.41, 5.74) is 5.29. The van der Waals surface area contributed by atoms with Crippen LogP contribution in [-0.4, -0.2) is 16.5 Å². The summed E-state index contributed by atoms with van der Waals surface area (Å²) in [6.07, 6.45) is 3.64. The molecule has 80 valence electrons. The van der Waals surface area contributed by atoms with E-state index < -0.39 is 0 Å². The van der Waals surface area contributed by atoms with Crippen molar-refractivity contribution < 1.29 is 4.79 Å². The molecule has 3 N–H and O–H groups in total. The highest BCUT2D eigenvalue weighted by atomic mass is 16.2. The van der Waals surface area contributed by atoms with E-state index in [0.717, 1.165) is 12.8 Å². The van der Waals surface area contributed by atoms with Gasteiger partial charge in [0.1, 0.15) is 6.54 Å². The Bertz CT molecular complexity index is 435. The monoisotopic (exact) mass is 207 g/mol. The number of aromatic nitrogens is 1. The number of anilines is 1. The molecule has 0 aliphatic heterocycles. The molecule has 2 rings (SSSR count). The summed E-state index contributed by atoms with van der Waals surface area (Å²) in [6, 6.07) is 3.49.